The van der Waals surface area contributed by atoms with Crippen LogP contribution in [0.3, 0.4) is 0 Å². The number of anilines is 1. The second-order valence-corrected chi connectivity index (χ2v) is 8.04. The van der Waals surface area contributed by atoms with Crippen LogP contribution in [0.15, 0.2) is 36.4 Å². The van der Waals surface area contributed by atoms with Gasteiger partial charge < -0.3 is 15.4 Å². The second kappa shape index (κ2) is 7.78. The third kappa shape index (κ3) is 3.72. The predicted octanol–water partition coefficient (Wildman–Crippen LogP) is 2.25. The van der Waals surface area contributed by atoms with Crippen molar-refractivity contribution in [1.82, 2.24) is 20.5 Å². The van der Waals surface area contributed by atoms with Gasteiger partial charge in [0, 0.05) is 12.5 Å². The van der Waals surface area contributed by atoms with E-state index < -0.39 is 29.8 Å². The van der Waals surface area contributed by atoms with Crippen molar-refractivity contribution in [2.24, 2.45) is 5.92 Å². The second-order valence-electron chi connectivity index (χ2n) is 8.04. The van der Waals surface area contributed by atoms with E-state index in [0.29, 0.717) is 29.8 Å². The van der Waals surface area contributed by atoms with E-state index in [-0.39, 0.29) is 23.3 Å². The molecule has 1 saturated carbocycles. The zero-order valence-corrected chi connectivity index (χ0v) is 16.6. The molecule has 0 radical (unpaired) electrons. The number of carbonyl (C=O) groups is 1. The van der Waals surface area contributed by atoms with Crippen molar-refractivity contribution in [3.63, 3.8) is 0 Å². The number of hydrogen-bond acceptors (Lipinski definition) is 6. The summed E-state index contributed by atoms with van der Waals surface area (Å²) in [6, 6.07) is 10.3. The first-order chi connectivity index (χ1) is 15.4. The maximum Gasteiger partial charge on any atom is 0.241 e. The molecule has 4 N–H and O–H groups in total. The van der Waals surface area contributed by atoms with Crippen molar-refractivity contribution in [1.29, 1.82) is 5.26 Å². The quantitative estimate of drug-likeness (QED) is 0.455. The van der Waals surface area contributed by atoms with Gasteiger partial charge in [0.1, 0.15) is 17.5 Å². The average Bonchev–Trinajstić information content (AvgIpc) is 3.44. The molecule has 1 aromatic heterocycles. The zero-order valence-electron chi connectivity index (χ0n) is 16.6. The summed E-state index contributed by atoms with van der Waals surface area (Å²) in [4.78, 5) is 15.6. The number of aliphatic hydroxyl groups is 1. The van der Waals surface area contributed by atoms with E-state index in [0.717, 1.165) is 11.6 Å². The Kier molecular flexibility index (Phi) is 4.92. The number of benzene rings is 2. The van der Waals surface area contributed by atoms with Crippen LogP contribution in [0.25, 0.3) is 0 Å². The van der Waals surface area contributed by atoms with Gasteiger partial charge >= 0.3 is 0 Å². The number of hydrogen-bond donors (Lipinski definition) is 4. The fraction of sp³-hybridized carbons (Fsp3) is 0.273. The molecule has 2 aromatic carbocycles. The highest BCUT2D eigenvalue weighted by atomic mass is 19.1. The fourth-order valence-corrected chi connectivity index (χ4v) is 4.26. The van der Waals surface area contributed by atoms with Gasteiger partial charge in [0.05, 0.1) is 23.4 Å². The molecule has 1 unspecified atom stereocenters. The number of H-pyrrole nitrogens is 1. The van der Waals surface area contributed by atoms with Crippen molar-refractivity contribution in [2.75, 3.05) is 5.32 Å². The van der Waals surface area contributed by atoms with Crippen molar-refractivity contribution < 1.29 is 18.7 Å². The first-order valence-corrected chi connectivity index (χ1v) is 10.1. The number of amides is 1. The number of halogens is 2. The Bertz CT molecular complexity index is 1250. The summed E-state index contributed by atoms with van der Waals surface area (Å²) in [5.41, 5.74) is 1.80. The molecular formula is C22H18F2N6O2. The molecule has 0 spiro atoms. The van der Waals surface area contributed by atoms with E-state index in [4.69, 9.17) is 5.26 Å². The molecule has 0 saturated heterocycles. The van der Waals surface area contributed by atoms with Crippen LogP contribution >= 0.6 is 0 Å². The Morgan fingerprint density at radius 3 is 2.94 bits per heavy atom. The van der Waals surface area contributed by atoms with Crippen molar-refractivity contribution in [3.05, 3.63) is 76.4 Å². The molecule has 1 amide bonds. The number of aromatic nitrogens is 3. The number of carbonyl (C=O) groups excluding carboxylic acids is 1. The van der Waals surface area contributed by atoms with E-state index in [2.05, 4.69) is 31.9 Å². The third-order valence-electron chi connectivity index (χ3n) is 5.86. The summed E-state index contributed by atoms with van der Waals surface area (Å²) in [6.07, 6.45) is -0.365. The van der Waals surface area contributed by atoms with Gasteiger partial charge in [-0.25, -0.2) is 8.78 Å². The molecule has 2 heterocycles. The van der Waals surface area contributed by atoms with E-state index in [1.165, 1.54) is 6.07 Å². The Morgan fingerprint density at radius 2 is 2.12 bits per heavy atom. The van der Waals surface area contributed by atoms with Gasteiger partial charge in [0.25, 0.3) is 0 Å². The standard InChI is InChI=1S/C22H18F2N6O2/c23-12-6-14-13-8-15(13)19(21(31)27-18(14)16(24)7-12)28-22(32)20-26-17(29-30-20)5-10-2-1-3-11(4-10)9-25/h1-4,6-7,13,15,19,22,28,32H,5,8H2,(H,27,31)(H,26,29,30)/t13-,15-,19-,22?/m0/s1. The van der Waals surface area contributed by atoms with Gasteiger partial charge in [0.15, 0.2) is 12.1 Å². The fourth-order valence-electron chi connectivity index (χ4n) is 4.26. The SMILES string of the molecule is N#Cc1cccc(Cc2nnc(C(O)N[C@@H]3C(=O)Nc4c(F)cc(F)cc4[C@@H]4C[C@H]34)[nH]2)c1. The first-order valence-electron chi connectivity index (χ1n) is 10.1. The molecule has 1 aliphatic heterocycles. The number of fused-ring (bicyclic) bond motifs is 3. The van der Waals surface area contributed by atoms with Crippen LogP contribution in [0, 0.1) is 28.9 Å². The lowest BCUT2D eigenvalue weighted by atomic mass is 10.1. The number of aliphatic hydroxyl groups excluding tert-OH is 1. The lowest BCUT2D eigenvalue weighted by Crippen LogP contribution is -2.44. The lowest BCUT2D eigenvalue weighted by molar-refractivity contribution is -0.119. The molecule has 8 nitrogen and oxygen atoms in total. The molecule has 32 heavy (non-hydrogen) atoms. The Hall–Kier alpha value is -3.68. The smallest absolute Gasteiger partial charge is 0.241 e. The highest BCUT2D eigenvalue weighted by molar-refractivity contribution is 5.97. The summed E-state index contributed by atoms with van der Waals surface area (Å²) in [6.45, 7) is 0. The maximum absolute atomic E-state index is 14.2. The van der Waals surface area contributed by atoms with Gasteiger partial charge in [-0.15, -0.1) is 10.2 Å². The minimum absolute atomic E-state index is 0.00996. The summed E-state index contributed by atoms with van der Waals surface area (Å²) in [5.74, 6) is -1.80. The van der Waals surface area contributed by atoms with Crippen molar-refractivity contribution in [2.45, 2.75) is 31.0 Å². The maximum atomic E-state index is 14.2. The predicted molar refractivity (Wildman–Crippen MR) is 108 cm³/mol. The molecule has 2 aliphatic rings. The van der Waals surface area contributed by atoms with Gasteiger partial charge in [-0.1, -0.05) is 12.1 Å². The van der Waals surface area contributed by atoms with Crippen molar-refractivity contribution in [3.8, 4) is 6.07 Å². The van der Waals surface area contributed by atoms with Crippen LogP contribution < -0.4 is 10.6 Å². The summed E-state index contributed by atoms with van der Waals surface area (Å²) < 4.78 is 27.9. The highest BCUT2D eigenvalue weighted by Gasteiger charge is 2.51. The Balaban J connectivity index is 1.30. The number of aromatic amines is 1. The number of nitrogens with one attached hydrogen (secondary N) is 3. The normalized spacial score (nSPS) is 22.2. The number of rotatable bonds is 5. The van der Waals surface area contributed by atoms with Crippen molar-refractivity contribution >= 4 is 11.6 Å². The van der Waals surface area contributed by atoms with Gasteiger partial charge in [0.2, 0.25) is 5.91 Å². The molecule has 1 fully saturated rings. The van der Waals surface area contributed by atoms with Crippen LogP contribution in [0.5, 0.6) is 0 Å². The van der Waals surface area contributed by atoms with E-state index in [1.54, 1.807) is 18.2 Å². The Morgan fingerprint density at radius 1 is 1.28 bits per heavy atom. The average molecular weight is 436 g/mol. The zero-order chi connectivity index (χ0) is 22.4. The molecule has 5 rings (SSSR count). The molecule has 3 aromatic rings. The van der Waals surface area contributed by atoms with E-state index in [1.807, 2.05) is 6.07 Å². The summed E-state index contributed by atoms with van der Waals surface area (Å²) in [7, 11) is 0. The Labute approximate surface area is 181 Å². The molecule has 162 valence electrons. The highest BCUT2D eigenvalue weighted by Crippen LogP contribution is 2.54. The van der Waals surface area contributed by atoms with Crippen LogP contribution in [0.4, 0.5) is 14.5 Å². The van der Waals surface area contributed by atoms with E-state index >= 15 is 0 Å². The van der Waals surface area contributed by atoms with E-state index in [9.17, 15) is 18.7 Å². The molecule has 4 atom stereocenters. The largest absolute Gasteiger partial charge is 0.371 e. The monoisotopic (exact) mass is 436 g/mol. The number of nitrogens with zero attached hydrogens (tertiary/aromatic N) is 3. The molecular weight excluding hydrogens is 418 g/mol. The lowest BCUT2D eigenvalue weighted by Gasteiger charge is -2.19. The topological polar surface area (TPSA) is 127 Å². The minimum atomic E-state index is -1.32. The van der Waals surface area contributed by atoms with Gasteiger partial charge in [-0.3, -0.25) is 10.1 Å². The van der Waals surface area contributed by atoms with Crippen LogP contribution in [0.1, 0.15) is 46.9 Å². The van der Waals surface area contributed by atoms with Crippen LogP contribution in [0.2, 0.25) is 0 Å². The van der Waals surface area contributed by atoms with Gasteiger partial charge in [-0.05, 0) is 47.6 Å². The number of nitriles is 1. The first kappa shape index (κ1) is 20.2. The molecule has 1 aliphatic carbocycles. The van der Waals surface area contributed by atoms with Crippen LogP contribution in [-0.4, -0.2) is 32.2 Å². The minimum Gasteiger partial charge on any atom is -0.371 e. The molecule has 0 bridgehead atoms. The molecule has 10 heteroatoms. The summed E-state index contributed by atoms with van der Waals surface area (Å²) in [5, 5.41) is 32.9. The van der Waals surface area contributed by atoms with Gasteiger partial charge in [-0.2, -0.15) is 5.26 Å². The third-order valence-corrected chi connectivity index (χ3v) is 5.86. The summed E-state index contributed by atoms with van der Waals surface area (Å²) >= 11 is 0. The van der Waals surface area contributed by atoms with Crippen LogP contribution in [-0.2, 0) is 11.2 Å².